The lowest BCUT2D eigenvalue weighted by Gasteiger charge is -2.13. The Morgan fingerprint density at radius 2 is 2.07 bits per heavy atom. The van der Waals surface area contributed by atoms with Crippen LogP contribution < -0.4 is 5.32 Å². The number of amides is 1. The van der Waals surface area contributed by atoms with Crippen LogP contribution in [0.15, 0.2) is 24.8 Å². The van der Waals surface area contributed by atoms with Gasteiger partial charge >= 0.3 is 6.18 Å². The van der Waals surface area contributed by atoms with Crippen molar-refractivity contribution in [2.75, 3.05) is 5.32 Å². The van der Waals surface area contributed by atoms with Gasteiger partial charge in [-0.15, -0.1) is 0 Å². The van der Waals surface area contributed by atoms with Crippen molar-refractivity contribution in [3.05, 3.63) is 41.2 Å². The summed E-state index contributed by atoms with van der Waals surface area (Å²) < 4.78 is 54.8. The number of halogens is 5. The fraction of sp³-hybridized carbons (Fsp3) is 0.125. The van der Waals surface area contributed by atoms with Gasteiger partial charge in [-0.2, -0.15) is 18.3 Å². The van der Waals surface area contributed by atoms with Gasteiger partial charge in [0.15, 0.2) is 11.5 Å². The van der Waals surface area contributed by atoms with Crippen LogP contribution in [0.25, 0.3) is 27.8 Å². The van der Waals surface area contributed by atoms with Crippen LogP contribution in [-0.4, -0.2) is 37.2 Å². The Morgan fingerprint density at radius 3 is 2.79 bits per heavy atom. The number of aromatic nitrogens is 5. The predicted molar refractivity (Wildman–Crippen MR) is 92.5 cm³/mol. The number of anilines is 1. The van der Waals surface area contributed by atoms with E-state index in [2.05, 4.69) is 25.5 Å². The first-order valence-corrected chi connectivity index (χ1v) is 8.11. The number of hydrogen-bond donors (Lipinski definition) is 2. The summed E-state index contributed by atoms with van der Waals surface area (Å²) in [7, 11) is 0. The molecule has 4 aromatic rings. The number of imidazole rings is 1. The summed E-state index contributed by atoms with van der Waals surface area (Å²) in [6.07, 6.45) is -0.0919. The molecule has 28 heavy (non-hydrogen) atoms. The van der Waals surface area contributed by atoms with Crippen LogP contribution in [0.5, 0.6) is 0 Å². The molecule has 3 aromatic heterocycles. The third-order valence-electron chi connectivity index (χ3n) is 4.07. The van der Waals surface area contributed by atoms with Crippen LogP contribution in [0.3, 0.4) is 0 Å². The minimum atomic E-state index is -4.63. The summed E-state index contributed by atoms with van der Waals surface area (Å²) in [6, 6.07) is 0. The Bertz CT molecular complexity index is 1220. The van der Waals surface area contributed by atoms with Gasteiger partial charge in [0.2, 0.25) is 6.41 Å². The summed E-state index contributed by atoms with van der Waals surface area (Å²) in [5, 5.41) is 8.23. The van der Waals surface area contributed by atoms with Gasteiger partial charge in [0.1, 0.15) is 5.82 Å². The second-order valence-electron chi connectivity index (χ2n) is 5.86. The van der Waals surface area contributed by atoms with Crippen molar-refractivity contribution in [3.8, 4) is 11.3 Å². The number of rotatable bonds is 4. The molecule has 1 aromatic carbocycles. The molecule has 0 atom stereocenters. The molecular weight excluding hydrogens is 404 g/mol. The van der Waals surface area contributed by atoms with Crippen molar-refractivity contribution in [2.24, 2.45) is 0 Å². The van der Waals surface area contributed by atoms with Crippen molar-refractivity contribution < 1.29 is 22.4 Å². The number of aromatic amines is 1. The van der Waals surface area contributed by atoms with Gasteiger partial charge in [-0.25, -0.2) is 9.37 Å². The number of alkyl halides is 3. The Labute approximate surface area is 158 Å². The average Bonchev–Trinajstić information content (AvgIpc) is 3.24. The molecule has 144 valence electrons. The van der Waals surface area contributed by atoms with Gasteiger partial charge in [-0.3, -0.25) is 14.9 Å². The van der Waals surface area contributed by atoms with Crippen LogP contribution in [-0.2, 0) is 11.2 Å². The lowest BCUT2D eigenvalue weighted by atomic mass is 10.0. The zero-order valence-electron chi connectivity index (χ0n) is 13.7. The monoisotopic (exact) mass is 412 g/mol. The van der Waals surface area contributed by atoms with E-state index >= 15 is 0 Å². The highest BCUT2D eigenvalue weighted by molar-refractivity contribution is 6.35. The molecule has 4 rings (SSSR count). The smallest absolute Gasteiger partial charge is 0.312 e. The fourth-order valence-corrected chi connectivity index (χ4v) is 3.26. The van der Waals surface area contributed by atoms with Gasteiger partial charge in [-0.1, -0.05) is 11.6 Å². The van der Waals surface area contributed by atoms with E-state index in [0.717, 1.165) is 0 Å². The highest BCUT2D eigenvalue weighted by Gasteiger charge is 2.33. The SMILES string of the molecule is O=CNc1cn2cc(-c3c(Cl)c(F)c(CC(F)(F)F)c4[nH]ncc34)ncc2n1. The molecule has 3 heterocycles. The molecule has 1 amide bonds. The van der Waals surface area contributed by atoms with Crippen molar-refractivity contribution in [2.45, 2.75) is 12.6 Å². The molecule has 0 saturated carbocycles. The van der Waals surface area contributed by atoms with E-state index in [1.54, 1.807) is 0 Å². The molecule has 0 radical (unpaired) electrons. The van der Waals surface area contributed by atoms with E-state index in [0.29, 0.717) is 12.1 Å². The molecule has 0 fully saturated rings. The number of H-pyrrole nitrogens is 1. The number of nitrogens with zero attached hydrogens (tertiary/aromatic N) is 4. The molecule has 0 bridgehead atoms. The maximum absolute atomic E-state index is 14.7. The van der Waals surface area contributed by atoms with Crippen LogP contribution >= 0.6 is 11.6 Å². The summed E-state index contributed by atoms with van der Waals surface area (Å²) in [6.45, 7) is 0. The van der Waals surface area contributed by atoms with E-state index in [4.69, 9.17) is 11.6 Å². The summed E-state index contributed by atoms with van der Waals surface area (Å²) >= 11 is 6.10. The molecule has 0 aliphatic carbocycles. The lowest BCUT2D eigenvalue weighted by Crippen LogP contribution is -2.14. The number of fused-ring (bicyclic) bond motifs is 2. The maximum atomic E-state index is 14.7. The molecule has 7 nitrogen and oxygen atoms in total. The Morgan fingerprint density at radius 1 is 1.29 bits per heavy atom. The molecule has 0 aliphatic rings. The summed E-state index contributed by atoms with van der Waals surface area (Å²) in [4.78, 5) is 18.8. The van der Waals surface area contributed by atoms with Crippen molar-refractivity contribution in [1.82, 2.24) is 24.6 Å². The zero-order chi connectivity index (χ0) is 20.1. The molecule has 0 saturated heterocycles. The topological polar surface area (TPSA) is 88.0 Å². The van der Waals surface area contributed by atoms with Gasteiger partial charge in [0, 0.05) is 22.7 Å². The van der Waals surface area contributed by atoms with Gasteiger partial charge in [-0.05, 0) is 0 Å². The van der Waals surface area contributed by atoms with E-state index in [1.165, 1.54) is 29.2 Å². The summed E-state index contributed by atoms with van der Waals surface area (Å²) in [5.74, 6) is -0.929. The van der Waals surface area contributed by atoms with E-state index in [-0.39, 0.29) is 28.0 Å². The second kappa shape index (κ2) is 6.44. The molecule has 0 unspecified atom stereocenters. The molecule has 0 aliphatic heterocycles. The largest absolute Gasteiger partial charge is 0.393 e. The van der Waals surface area contributed by atoms with E-state index < -0.39 is 29.0 Å². The number of nitrogens with one attached hydrogen (secondary N) is 2. The van der Waals surface area contributed by atoms with Crippen LogP contribution in [0.1, 0.15) is 5.56 Å². The van der Waals surface area contributed by atoms with E-state index in [9.17, 15) is 22.4 Å². The quantitative estimate of drug-likeness (QED) is 0.395. The number of hydrogen-bond acceptors (Lipinski definition) is 4. The Balaban J connectivity index is 1.93. The second-order valence-corrected chi connectivity index (χ2v) is 6.24. The minimum Gasteiger partial charge on any atom is -0.312 e. The number of benzene rings is 1. The summed E-state index contributed by atoms with van der Waals surface area (Å²) in [5.41, 5.74) is -0.0486. The fourth-order valence-electron chi connectivity index (χ4n) is 2.95. The number of carbonyl (C=O) groups is 1. The van der Waals surface area contributed by atoms with Gasteiger partial charge in [0.05, 0.1) is 41.2 Å². The first-order valence-electron chi connectivity index (χ1n) is 7.73. The van der Waals surface area contributed by atoms with Gasteiger partial charge < -0.3 is 9.72 Å². The lowest BCUT2D eigenvalue weighted by molar-refractivity contribution is -0.127. The van der Waals surface area contributed by atoms with Crippen molar-refractivity contribution >= 4 is 40.4 Å². The van der Waals surface area contributed by atoms with Crippen LogP contribution in [0.4, 0.5) is 23.4 Å². The highest BCUT2D eigenvalue weighted by Crippen LogP contribution is 2.40. The van der Waals surface area contributed by atoms with Crippen LogP contribution in [0.2, 0.25) is 5.02 Å². The number of carbonyl (C=O) groups excluding carboxylic acids is 1. The van der Waals surface area contributed by atoms with Crippen LogP contribution in [0, 0.1) is 5.82 Å². The molecule has 2 N–H and O–H groups in total. The molecule has 12 heteroatoms. The standard InChI is InChI=1S/C16H9ClF4N6O/c17-13-12(9-4-27-5-10(23-6-28)25-11(27)3-22-9)8-2-24-26-15(8)7(14(13)18)1-16(19,20)21/h2-6H,1H2,(H,23,28)(H,24,26). The predicted octanol–water partition coefficient (Wildman–Crippen LogP) is 3.74. The minimum absolute atomic E-state index is 0.0920. The zero-order valence-corrected chi connectivity index (χ0v) is 14.4. The third-order valence-corrected chi connectivity index (χ3v) is 4.42. The Hall–Kier alpha value is -3.21. The molecule has 0 spiro atoms. The normalized spacial score (nSPS) is 12.0. The van der Waals surface area contributed by atoms with Crippen molar-refractivity contribution in [3.63, 3.8) is 0 Å². The first kappa shape index (κ1) is 18.2. The van der Waals surface area contributed by atoms with E-state index in [1.807, 2.05) is 0 Å². The highest BCUT2D eigenvalue weighted by atomic mass is 35.5. The third kappa shape index (κ3) is 3.03. The van der Waals surface area contributed by atoms with Gasteiger partial charge in [0.25, 0.3) is 0 Å². The Kier molecular flexibility index (Phi) is 4.18. The van der Waals surface area contributed by atoms with Crippen molar-refractivity contribution in [1.29, 1.82) is 0 Å². The molecular formula is C16H9ClF4N6O. The maximum Gasteiger partial charge on any atom is 0.393 e. The first-order chi connectivity index (χ1) is 13.3. The average molecular weight is 413 g/mol.